The Morgan fingerprint density at radius 2 is 1.86 bits per heavy atom. The van der Waals surface area contributed by atoms with Crippen molar-refractivity contribution in [2.75, 3.05) is 46.9 Å². The number of nitrogens with zero attached hydrogens (tertiary/aromatic N) is 4. The molecule has 1 aliphatic rings. The number of hydrogen-bond donors (Lipinski definition) is 0. The first-order chi connectivity index (χ1) is 14.1. The van der Waals surface area contributed by atoms with Crippen molar-refractivity contribution >= 4 is 12.0 Å². The van der Waals surface area contributed by atoms with E-state index in [2.05, 4.69) is 21.4 Å². The zero-order valence-electron chi connectivity index (χ0n) is 17.5. The van der Waals surface area contributed by atoms with Crippen LogP contribution in [0.4, 0.5) is 0 Å². The molecule has 0 aliphatic carbocycles. The molecule has 1 aromatic carbocycles. The van der Waals surface area contributed by atoms with E-state index < -0.39 is 0 Å². The van der Waals surface area contributed by atoms with Gasteiger partial charge in [0, 0.05) is 64.2 Å². The molecular weight excluding hydrogens is 368 g/mol. The number of piperazine rings is 1. The maximum atomic E-state index is 12.5. The molecule has 156 valence electrons. The monoisotopic (exact) mass is 398 g/mol. The van der Waals surface area contributed by atoms with E-state index in [9.17, 15) is 4.79 Å². The molecule has 3 rings (SSSR count). The Balaban J connectivity index is 1.48. The van der Waals surface area contributed by atoms with Gasteiger partial charge in [0.15, 0.2) is 11.5 Å². The minimum Gasteiger partial charge on any atom is -0.493 e. The minimum atomic E-state index is 0.0438. The molecule has 0 atom stereocenters. The highest BCUT2D eigenvalue weighted by atomic mass is 16.5. The second kappa shape index (κ2) is 10.1. The molecule has 1 saturated heterocycles. The molecule has 0 bridgehead atoms. The molecule has 0 radical (unpaired) electrons. The third-order valence-corrected chi connectivity index (χ3v) is 5.28. The Hall–Kier alpha value is -2.80. The number of carbonyl (C=O) groups excluding carboxylic acids is 1. The Morgan fingerprint density at radius 3 is 2.55 bits per heavy atom. The second-order valence-corrected chi connectivity index (χ2v) is 7.01. The van der Waals surface area contributed by atoms with E-state index in [0.717, 1.165) is 57.1 Å². The van der Waals surface area contributed by atoms with Gasteiger partial charge in [0.05, 0.1) is 14.2 Å². The van der Waals surface area contributed by atoms with Crippen LogP contribution in [0.15, 0.2) is 36.7 Å². The number of imidazole rings is 1. The lowest BCUT2D eigenvalue weighted by atomic mass is 10.2. The molecule has 0 unspecified atom stereocenters. The minimum absolute atomic E-state index is 0.0438. The summed E-state index contributed by atoms with van der Waals surface area (Å²) in [6.45, 7) is 7.33. The van der Waals surface area contributed by atoms with Gasteiger partial charge >= 0.3 is 0 Å². The van der Waals surface area contributed by atoms with E-state index in [1.165, 1.54) is 0 Å². The molecule has 0 spiro atoms. The number of rotatable bonds is 8. The predicted octanol–water partition coefficient (Wildman–Crippen LogP) is 2.32. The summed E-state index contributed by atoms with van der Waals surface area (Å²) < 4.78 is 12.8. The lowest BCUT2D eigenvalue weighted by Gasteiger charge is -2.34. The first-order valence-corrected chi connectivity index (χ1v) is 10.1. The van der Waals surface area contributed by atoms with Gasteiger partial charge in [-0.25, -0.2) is 4.98 Å². The zero-order chi connectivity index (χ0) is 20.6. The Labute approximate surface area is 172 Å². The van der Waals surface area contributed by atoms with Gasteiger partial charge in [0.1, 0.15) is 5.82 Å². The van der Waals surface area contributed by atoms with E-state index in [1.807, 2.05) is 41.6 Å². The molecule has 2 aromatic rings. The summed E-state index contributed by atoms with van der Waals surface area (Å²) in [5.74, 6) is 2.50. The summed E-state index contributed by atoms with van der Waals surface area (Å²) in [6.07, 6.45) is 8.30. The van der Waals surface area contributed by atoms with Crippen LogP contribution in [0.25, 0.3) is 6.08 Å². The molecule has 1 aliphatic heterocycles. The van der Waals surface area contributed by atoms with Crippen molar-refractivity contribution in [3.8, 4) is 11.5 Å². The lowest BCUT2D eigenvalue weighted by molar-refractivity contribution is -0.127. The summed E-state index contributed by atoms with van der Waals surface area (Å²) in [6, 6.07) is 5.61. The van der Waals surface area contributed by atoms with E-state index in [-0.39, 0.29) is 5.91 Å². The summed E-state index contributed by atoms with van der Waals surface area (Å²) in [5, 5.41) is 0. The fraction of sp³-hybridized carbons (Fsp3) is 0.455. The molecule has 1 amide bonds. The number of methoxy groups -OCH3 is 2. The maximum absolute atomic E-state index is 12.5. The molecule has 7 heteroatoms. The molecule has 1 fully saturated rings. The number of hydrogen-bond acceptors (Lipinski definition) is 5. The number of ether oxygens (including phenoxy) is 2. The van der Waals surface area contributed by atoms with Crippen molar-refractivity contribution in [1.29, 1.82) is 0 Å². The predicted molar refractivity (Wildman–Crippen MR) is 113 cm³/mol. The van der Waals surface area contributed by atoms with Gasteiger partial charge in [-0.15, -0.1) is 0 Å². The number of amides is 1. The normalized spacial score (nSPS) is 15.1. The standard InChI is InChI=1S/C22H30N4O3/c1-4-21-23-9-10-25(21)14-11-24-12-15-26(16-13-24)22(27)8-6-18-5-7-19(28-2)20(17-18)29-3/h5-10,17H,4,11-16H2,1-3H3/b8-6+. The van der Waals surface area contributed by atoms with Gasteiger partial charge < -0.3 is 18.9 Å². The van der Waals surface area contributed by atoms with Gasteiger partial charge in [0.25, 0.3) is 0 Å². The smallest absolute Gasteiger partial charge is 0.246 e. The van der Waals surface area contributed by atoms with Crippen LogP contribution in [0.1, 0.15) is 18.3 Å². The average molecular weight is 399 g/mol. The lowest BCUT2D eigenvalue weighted by Crippen LogP contribution is -2.48. The summed E-state index contributed by atoms with van der Waals surface area (Å²) in [7, 11) is 3.21. The quantitative estimate of drug-likeness (QED) is 0.639. The van der Waals surface area contributed by atoms with Crippen LogP contribution in [-0.4, -0.2) is 72.2 Å². The van der Waals surface area contributed by atoms with Crippen molar-refractivity contribution in [3.63, 3.8) is 0 Å². The third kappa shape index (κ3) is 5.38. The Kier molecular flexibility index (Phi) is 7.30. The summed E-state index contributed by atoms with van der Waals surface area (Å²) in [5.41, 5.74) is 0.904. The number of benzene rings is 1. The SMILES string of the molecule is CCc1nccn1CCN1CCN(C(=O)/C=C/c2ccc(OC)c(OC)c2)CC1. The van der Waals surface area contributed by atoms with E-state index in [1.54, 1.807) is 20.3 Å². The fourth-order valence-electron chi connectivity index (χ4n) is 3.53. The zero-order valence-corrected chi connectivity index (χ0v) is 17.5. The second-order valence-electron chi connectivity index (χ2n) is 7.01. The molecule has 0 N–H and O–H groups in total. The molecule has 7 nitrogen and oxygen atoms in total. The van der Waals surface area contributed by atoms with Crippen LogP contribution in [0.5, 0.6) is 11.5 Å². The highest BCUT2D eigenvalue weighted by molar-refractivity contribution is 5.92. The highest BCUT2D eigenvalue weighted by Gasteiger charge is 2.19. The molecule has 1 aromatic heterocycles. The van der Waals surface area contributed by atoms with Crippen molar-refractivity contribution < 1.29 is 14.3 Å². The molecule has 0 saturated carbocycles. The van der Waals surface area contributed by atoms with Gasteiger partial charge in [-0.1, -0.05) is 13.0 Å². The Morgan fingerprint density at radius 1 is 1.10 bits per heavy atom. The Bertz CT molecular complexity index is 838. The number of aryl methyl sites for hydroxylation is 1. The first-order valence-electron chi connectivity index (χ1n) is 10.1. The van der Waals surface area contributed by atoms with E-state index in [0.29, 0.717) is 11.5 Å². The van der Waals surface area contributed by atoms with Gasteiger partial charge in [-0.2, -0.15) is 0 Å². The van der Waals surface area contributed by atoms with Crippen LogP contribution in [0.2, 0.25) is 0 Å². The van der Waals surface area contributed by atoms with Crippen LogP contribution >= 0.6 is 0 Å². The largest absolute Gasteiger partial charge is 0.493 e. The van der Waals surface area contributed by atoms with Crippen molar-refractivity contribution in [1.82, 2.24) is 19.4 Å². The summed E-state index contributed by atoms with van der Waals surface area (Å²) in [4.78, 5) is 21.2. The topological polar surface area (TPSA) is 59.8 Å². The first kappa shape index (κ1) is 20.9. The van der Waals surface area contributed by atoms with E-state index in [4.69, 9.17) is 9.47 Å². The average Bonchev–Trinajstić information content (AvgIpc) is 3.23. The van der Waals surface area contributed by atoms with Crippen molar-refractivity contribution in [2.24, 2.45) is 0 Å². The van der Waals surface area contributed by atoms with Crippen molar-refractivity contribution in [3.05, 3.63) is 48.1 Å². The van der Waals surface area contributed by atoms with E-state index >= 15 is 0 Å². The maximum Gasteiger partial charge on any atom is 0.246 e. The molecule has 2 heterocycles. The van der Waals surface area contributed by atoms with Crippen molar-refractivity contribution in [2.45, 2.75) is 19.9 Å². The van der Waals surface area contributed by atoms with Crippen LogP contribution < -0.4 is 9.47 Å². The number of carbonyl (C=O) groups is 1. The van der Waals surface area contributed by atoms with Crippen LogP contribution in [-0.2, 0) is 17.8 Å². The molecular formula is C22H30N4O3. The number of aromatic nitrogens is 2. The molecule has 29 heavy (non-hydrogen) atoms. The van der Waals surface area contributed by atoms with Gasteiger partial charge in [0.2, 0.25) is 5.91 Å². The third-order valence-electron chi connectivity index (χ3n) is 5.28. The fourth-order valence-corrected chi connectivity index (χ4v) is 3.53. The van der Waals surface area contributed by atoms with Crippen LogP contribution in [0, 0.1) is 0 Å². The van der Waals surface area contributed by atoms with Gasteiger partial charge in [-0.3, -0.25) is 9.69 Å². The summed E-state index contributed by atoms with van der Waals surface area (Å²) >= 11 is 0. The van der Waals surface area contributed by atoms with Crippen LogP contribution in [0.3, 0.4) is 0 Å². The van der Waals surface area contributed by atoms with Gasteiger partial charge in [-0.05, 0) is 23.8 Å². The highest BCUT2D eigenvalue weighted by Crippen LogP contribution is 2.28.